The first-order chi connectivity index (χ1) is 9.08. The van der Waals surface area contributed by atoms with Gasteiger partial charge in [-0.15, -0.1) is 0 Å². The van der Waals surface area contributed by atoms with Gasteiger partial charge in [-0.25, -0.2) is 0 Å². The average molecular weight is 266 g/mol. The molecule has 112 valence electrons. The van der Waals surface area contributed by atoms with E-state index in [1.54, 1.807) is 0 Å². The highest BCUT2D eigenvalue weighted by Crippen LogP contribution is 2.34. The Morgan fingerprint density at radius 3 is 2.16 bits per heavy atom. The van der Waals surface area contributed by atoms with E-state index in [9.17, 15) is 0 Å². The maximum Gasteiger partial charge on any atom is 0.00967 e. The van der Waals surface area contributed by atoms with Crippen molar-refractivity contribution >= 4 is 0 Å². The summed E-state index contributed by atoms with van der Waals surface area (Å²) in [5, 5.41) is 3.79. The fourth-order valence-corrected chi connectivity index (χ4v) is 3.11. The van der Waals surface area contributed by atoms with Crippen molar-refractivity contribution in [2.45, 2.75) is 78.3 Å². The summed E-state index contributed by atoms with van der Waals surface area (Å²) in [4.78, 5) is 2.80. The molecule has 0 aromatic rings. The fraction of sp³-hybridized carbons (Fsp3) is 1.00. The molecule has 1 N–H and O–H groups in total. The van der Waals surface area contributed by atoms with Gasteiger partial charge in [0.05, 0.1) is 0 Å². The van der Waals surface area contributed by atoms with Crippen LogP contribution in [0, 0.1) is 11.3 Å². The molecule has 2 nitrogen and oxygen atoms in total. The Balaban J connectivity index is 1.91. The average Bonchev–Trinajstić information content (AvgIpc) is 3.26. The van der Waals surface area contributed by atoms with Gasteiger partial charge < -0.3 is 5.32 Å². The summed E-state index contributed by atoms with van der Waals surface area (Å²) in [5.74, 6) is 0.795. The summed E-state index contributed by atoms with van der Waals surface area (Å²) in [6, 6.07) is 1.75. The van der Waals surface area contributed by atoms with Gasteiger partial charge in [0.15, 0.2) is 0 Å². The molecule has 2 fully saturated rings. The highest BCUT2D eigenvalue weighted by Gasteiger charge is 2.36. The molecular formula is C17H34N2. The molecule has 0 spiro atoms. The zero-order chi connectivity index (χ0) is 13.9. The molecule has 0 heterocycles. The Hall–Kier alpha value is -0.0800. The quantitative estimate of drug-likeness (QED) is 0.649. The molecule has 2 heteroatoms. The number of hydrogen-bond donors (Lipinski definition) is 1. The summed E-state index contributed by atoms with van der Waals surface area (Å²) in [5.41, 5.74) is 0.500. The Morgan fingerprint density at radius 2 is 1.74 bits per heavy atom. The summed E-state index contributed by atoms with van der Waals surface area (Å²) in [7, 11) is 0. The Morgan fingerprint density at radius 1 is 1.11 bits per heavy atom. The number of rotatable bonds is 10. The van der Waals surface area contributed by atoms with Crippen LogP contribution in [0.3, 0.4) is 0 Å². The molecule has 0 radical (unpaired) electrons. The van der Waals surface area contributed by atoms with Crippen molar-refractivity contribution < 1.29 is 0 Å². The monoisotopic (exact) mass is 266 g/mol. The Labute approximate surface area is 120 Å². The molecule has 0 bridgehead atoms. The minimum atomic E-state index is 0.500. The minimum Gasteiger partial charge on any atom is -0.313 e. The molecule has 0 aliphatic heterocycles. The highest BCUT2D eigenvalue weighted by atomic mass is 15.2. The molecule has 0 aromatic carbocycles. The normalized spacial score (nSPS) is 20.5. The van der Waals surface area contributed by atoms with Crippen molar-refractivity contribution in [3.05, 3.63) is 0 Å². The maximum absolute atomic E-state index is 3.79. The zero-order valence-electron chi connectivity index (χ0n) is 13.5. The zero-order valence-corrected chi connectivity index (χ0v) is 13.5. The second kappa shape index (κ2) is 6.58. The van der Waals surface area contributed by atoms with E-state index in [0.29, 0.717) is 5.41 Å². The lowest BCUT2D eigenvalue weighted by atomic mass is 9.81. The molecule has 0 atom stereocenters. The summed E-state index contributed by atoms with van der Waals surface area (Å²) in [6.07, 6.45) is 8.30. The summed E-state index contributed by atoms with van der Waals surface area (Å²) < 4.78 is 0. The highest BCUT2D eigenvalue weighted by molar-refractivity contribution is 4.92. The smallest absolute Gasteiger partial charge is 0.00967 e. The van der Waals surface area contributed by atoms with Crippen LogP contribution in [0.15, 0.2) is 0 Å². The first-order valence-electron chi connectivity index (χ1n) is 8.56. The van der Waals surface area contributed by atoms with Crippen LogP contribution < -0.4 is 5.32 Å². The predicted octanol–water partition coefficient (Wildman–Crippen LogP) is 3.67. The van der Waals surface area contributed by atoms with E-state index in [4.69, 9.17) is 0 Å². The predicted molar refractivity (Wildman–Crippen MR) is 83.5 cm³/mol. The van der Waals surface area contributed by atoms with Gasteiger partial charge in [-0.05, 0) is 49.9 Å². The molecule has 0 saturated heterocycles. The lowest BCUT2D eigenvalue weighted by Crippen LogP contribution is -2.46. The number of hydrogen-bond acceptors (Lipinski definition) is 2. The van der Waals surface area contributed by atoms with Crippen molar-refractivity contribution in [3.8, 4) is 0 Å². The van der Waals surface area contributed by atoms with E-state index >= 15 is 0 Å². The van der Waals surface area contributed by atoms with Crippen LogP contribution in [0.4, 0.5) is 0 Å². The van der Waals surface area contributed by atoms with E-state index in [2.05, 4.69) is 37.9 Å². The topological polar surface area (TPSA) is 15.3 Å². The van der Waals surface area contributed by atoms with Gasteiger partial charge in [-0.3, -0.25) is 4.90 Å². The molecule has 2 rings (SSSR count). The molecule has 0 aromatic heterocycles. The largest absolute Gasteiger partial charge is 0.313 e. The second-order valence-corrected chi connectivity index (χ2v) is 7.42. The van der Waals surface area contributed by atoms with E-state index in [-0.39, 0.29) is 0 Å². The lowest BCUT2D eigenvalue weighted by molar-refractivity contribution is 0.117. The number of nitrogens with one attached hydrogen (secondary N) is 1. The van der Waals surface area contributed by atoms with E-state index in [1.807, 2.05) is 0 Å². The van der Waals surface area contributed by atoms with E-state index in [1.165, 1.54) is 58.2 Å². The SMILES string of the molecule is CCC(CC)(CNC1CC1)CN(CC(C)C)C1CC1. The van der Waals surface area contributed by atoms with Crippen molar-refractivity contribution in [3.63, 3.8) is 0 Å². The van der Waals surface area contributed by atoms with Gasteiger partial charge in [0.25, 0.3) is 0 Å². The van der Waals surface area contributed by atoms with Crippen LogP contribution in [-0.2, 0) is 0 Å². The third-order valence-electron chi connectivity index (χ3n) is 5.04. The number of nitrogens with zero attached hydrogens (tertiary/aromatic N) is 1. The summed E-state index contributed by atoms with van der Waals surface area (Å²) >= 11 is 0. The first kappa shape index (κ1) is 15.3. The summed E-state index contributed by atoms with van der Waals surface area (Å²) in [6.45, 7) is 13.3. The van der Waals surface area contributed by atoms with E-state index in [0.717, 1.165) is 18.0 Å². The van der Waals surface area contributed by atoms with Crippen molar-refractivity contribution in [2.75, 3.05) is 19.6 Å². The third-order valence-corrected chi connectivity index (χ3v) is 5.04. The van der Waals surface area contributed by atoms with Gasteiger partial charge in [0.1, 0.15) is 0 Å². The lowest BCUT2D eigenvalue weighted by Gasteiger charge is -2.38. The molecule has 2 aliphatic carbocycles. The van der Waals surface area contributed by atoms with Crippen LogP contribution in [0.1, 0.15) is 66.2 Å². The Kier molecular flexibility index (Phi) is 5.30. The van der Waals surface area contributed by atoms with Crippen LogP contribution in [0.2, 0.25) is 0 Å². The molecule has 2 aliphatic rings. The molecule has 0 unspecified atom stereocenters. The standard InChI is InChI=1S/C17H34N2/c1-5-17(6-2,12-18-15-7-8-15)13-19(11-14(3)4)16-9-10-16/h14-16,18H,5-13H2,1-4H3. The van der Waals surface area contributed by atoms with Crippen LogP contribution >= 0.6 is 0 Å². The fourth-order valence-electron chi connectivity index (χ4n) is 3.11. The maximum atomic E-state index is 3.79. The van der Waals surface area contributed by atoms with Crippen molar-refractivity contribution in [1.29, 1.82) is 0 Å². The van der Waals surface area contributed by atoms with Gasteiger partial charge in [0, 0.05) is 31.7 Å². The van der Waals surface area contributed by atoms with Gasteiger partial charge in [-0.2, -0.15) is 0 Å². The minimum absolute atomic E-state index is 0.500. The molecule has 0 amide bonds. The van der Waals surface area contributed by atoms with Gasteiger partial charge in [0.2, 0.25) is 0 Å². The van der Waals surface area contributed by atoms with Crippen molar-refractivity contribution in [2.24, 2.45) is 11.3 Å². The second-order valence-electron chi connectivity index (χ2n) is 7.42. The van der Waals surface area contributed by atoms with Crippen LogP contribution in [0.25, 0.3) is 0 Å². The van der Waals surface area contributed by atoms with Crippen LogP contribution in [0.5, 0.6) is 0 Å². The molecule has 19 heavy (non-hydrogen) atoms. The van der Waals surface area contributed by atoms with Gasteiger partial charge in [-0.1, -0.05) is 27.7 Å². The van der Waals surface area contributed by atoms with Gasteiger partial charge >= 0.3 is 0 Å². The first-order valence-corrected chi connectivity index (χ1v) is 8.56. The third kappa shape index (κ3) is 4.75. The van der Waals surface area contributed by atoms with Crippen molar-refractivity contribution in [1.82, 2.24) is 10.2 Å². The molecule has 2 saturated carbocycles. The molecular weight excluding hydrogens is 232 g/mol. The van der Waals surface area contributed by atoms with Crippen LogP contribution in [-0.4, -0.2) is 36.6 Å². The van der Waals surface area contributed by atoms with E-state index < -0.39 is 0 Å². The Bertz CT molecular complexity index is 262.